The summed E-state index contributed by atoms with van der Waals surface area (Å²) in [7, 11) is 1.87. The molecule has 1 atom stereocenters. The first-order valence-corrected chi connectivity index (χ1v) is 7.07. The second-order valence-corrected chi connectivity index (χ2v) is 5.47. The van der Waals surface area contributed by atoms with Gasteiger partial charge in [-0.05, 0) is 26.1 Å². The molecule has 2 rings (SSSR count). The molecule has 1 aromatic heterocycles. The molecule has 0 amide bonds. The molecule has 20 heavy (non-hydrogen) atoms. The number of hydrogen-bond donors (Lipinski definition) is 1. The van der Waals surface area contributed by atoms with Crippen LogP contribution in [0.5, 0.6) is 0 Å². The van der Waals surface area contributed by atoms with Gasteiger partial charge < -0.3 is 5.32 Å². The minimum Gasteiger partial charge on any atom is -0.317 e. The first-order valence-electron chi connectivity index (χ1n) is 6.19. The van der Waals surface area contributed by atoms with Crippen LogP contribution in [-0.2, 0) is 12.6 Å². The minimum atomic E-state index is -4.32. The Morgan fingerprint density at radius 1 is 1.35 bits per heavy atom. The third kappa shape index (κ3) is 3.58. The van der Waals surface area contributed by atoms with Crippen LogP contribution >= 0.6 is 11.3 Å². The first kappa shape index (κ1) is 15.0. The molecular weight excluding hydrogens is 285 g/mol. The maximum Gasteiger partial charge on any atom is 0.416 e. The van der Waals surface area contributed by atoms with Crippen molar-refractivity contribution in [1.82, 2.24) is 10.3 Å². The number of likely N-dealkylation sites (N-methyl/N-ethyl adjacent to an activating group) is 1. The average Bonchev–Trinajstić information content (AvgIpc) is 2.86. The first-order chi connectivity index (χ1) is 9.40. The highest BCUT2D eigenvalue weighted by molar-refractivity contribution is 7.13. The zero-order valence-electron chi connectivity index (χ0n) is 11.2. The highest BCUT2D eigenvalue weighted by Crippen LogP contribution is 2.33. The summed E-state index contributed by atoms with van der Waals surface area (Å²) >= 11 is 1.37. The zero-order chi connectivity index (χ0) is 14.8. The van der Waals surface area contributed by atoms with Crippen LogP contribution in [0.1, 0.15) is 18.2 Å². The summed E-state index contributed by atoms with van der Waals surface area (Å²) in [5.74, 6) is 0. The molecular formula is C14H15F3N2S. The lowest BCUT2D eigenvalue weighted by Gasteiger charge is -2.07. The Morgan fingerprint density at radius 2 is 2.10 bits per heavy atom. The molecule has 6 heteroatoms. The standard InChI is InChI=1S/C14H15F3N2S/c1-9(18-2)6-12-8-20-13(19-12)10-4-3-5-11(7-10)14(15,16)17/h3-5,7-9,18H,6H2,1-2H3. The van der Waals surface area contributed by atoms with E-state index in [0.29, 0.717) is 10.6 Å². The zero-order valence-corrected chi connectivity index (χ0v) is 12.0. The lowest BCUT2D eigenvalue weighted by Crippen LogP contribution is -2.23. The second kappa shape index (κ2) is 5.93. The van der Waals surface area contributed by atoms with E-state index in [-0.39, 0.29) is 6.04 Å². The van der Waals surface area contributed by atoms with E-state index in [1.165, 1.54) is 17.4 Å². The number of nitrogens with one attached hydrogen (secondary N) is 1. The van der Waals surface area contributed by atoms with Gasteiger partial charge >= 0.3 is 6.18 Å². The van der Waals surface area contributed by atoms with Crippen LogP contribution in [0.4, 0.5) is 13.2 Å². The second-order valence-electron chi connectivity index (χ2n) is 4.62. The molecule has 0 aliphatic heterocycles. The van der Waals surface area contributed by atoms with E-state index in [0.717, 1.165) is 24.2 Å². The third-order valence-electron chi connectivity index (χ3n) is 3.00. The molecule has 2 nitrogen and oxygen atoms in total. The Morgan fingerprint density at radius 3 is 2.75 bits per heavy atom. The van der Waals surface area contributed by atoms with Crippen molar-refractivity contribution in [2.75, 3.05) is 7.05 Å². The Labute approximate surface area is 119 Å². The number of hydrogen-bond acceptors (Lipinski definition) is 3. The fourth-order valence-corrected chi connectivity index (χ4v) is 2.61. The van der Waals surface area contributed by atoms with E-state index < -0.39 is 11.7 Å². The van der Waals surface area contributed by atoms with Gasteiger partial charge in [0.1, 0.15) is 5.01 Å². The number of benzene rings is 1. The molecule has 0 radical (unpaired) electrons. The Bertz CT molecular complexity index is 578. The fourth-order valence-electron chi connectivity index (χ4n) is 1.78. The molecule has 1 heterocycles. The topological polar surface area (TPSA) is 24.9 Å². The van der Waals surface area contributed by atoms with Crippen molar-refractivity contribution in [2.45, 2.75) is 25.6 Å². The highest BCUT2D eigenvalue weighted by Gasteiger charge is 2.30. The van der Waals surface area contributed by atoms with E-state index in [2.05, 4.69) is 10.3 Å². The summed E-state index contributed by atoms with van der Waals surface area (Å²) in [4.78, 5) is 4.40. The number of thiazole rings is 1. The van der Waals surface area contributed by atoms with Crippen molar-refractivity contribution in [2.24, 2.45) is 0 Å². The minimum absolute atomic E-state index is 0.284. The van der Waals surface area contributed by atoms with Crippen LogP contribution in [0.15, 0.2) is 29.6 Å². The van der Waals surface area contributed by atoms with Crippen LogP contribution in [0, 0.1) is 0 Å². The summed E-state index contributed by atoms with van der Waals surface area (Å²) in [6.07, 6.45) is -3.57. The lowest BCUT2D eigenvalue weighted by atomic mass is 10.1. The van der Waals surface area contributed by atoms with Crippen LogP contribution in [-0.4, -0.2) is 18.1 Å². The summed E-state index contributed by atoms with van der Waals surface area (Å²) in [6.45, 7) is 2.03. The van der Waals surface area contributed by atoms with Crippen molar-refractivity contribution in [3.63, 3.8) is 0 Å². The van der Waals surface area contributed by atoms with Gasteiger partial charge in [0.05, 0.1) is 11.3 Å². The molecule has 1 N–H and O–H groups in total. The molecule has 0 aliphatic carbocycles. The van der Waals surface area contributed by atoms with Gasteiger partial charge in [0.2, 0.25) is 0 Å². The smallest absolute Gasteiger partial charge is 0.317 e. The van der Waals surface area contributed by atoms with Gasteiger partial charge in [0, 0.05) is 23.4 Å². The van der Waals surface area contributed by atoms with Gasteiger partial charge in [-0.1, -0.05) is 12.1 Å². The van der Waals surface area contributed by atoms with Crippen molar-refractivity contribution in [3.8, 4) is 10.6 Å². The van der Waals surface area contributed by atoms with Crippen molar-refractivity contribution >= 4 is 11.3 Å². The highest BCUT2D eigenvalue weighted by atomic mass is 32.1. The predicted octanol–water partition coefficient (Wildman–Crippen LogP) is 3.98. The maximum absolute atomic E-state index is 12.7. The molecule has 0 fully saturated rings. The van der Waals surface area contributed by atoms with Gasteiger partial charge in [-0.25, -0.2) is 4.98 Å². The normalized spacial score (nSPS) is 13.4. The Hall–Kier alpha value is -1.40. The number of halogens is 3. The van der Waals surface area contributed by atoms with Gasteiger partial charge in [0.15, 0.2) is 0 Å². The molecule has 0 aliphatic rings. The van der Waals surface area contributed by atoms with Gasteiger partial charge in [-0.3, -0.25) is 0 Å². The number of alkyl halides is 3. The van der Waals surface area contributed by atoms with Crippen molar-refractivity contribution in [3.05, 3.63) is 40.9 Å². The molecule has 0 saturated heterocycles. The number of aromatic nitrogens is 1. The molecule has 108 valence electrons. The largest absolute Gasteiger partial charge is 0.416 e. The monoisotopic (exact) mass is 300 g/mol. The predicted molar refractivity (Wildman–Crippen MR) is 74.8 cm³/mol. The summed E-state index contributed by atoms with van der Waals surface area (Å²) in [5, 5.41) is 5.62. The summed E-state index contributed by atoms with van der Waals surface area (Å²) in [6, 6.07) is 5.56. The van der Waals surface area contributed by atoms with Crippen LogP contribution < -0.4 is 5.32 Å². The van der Waals surface area contributed by atoms with E-state index in [9.17, 15) is 13.2 Å². The van der Waals surface area contributed by atoms with Gasteiger partial charge in [-0.2, -0.15) is 13.2 Å². The molecule has 1 unspecified atom stereocenters. The number of rotatable bonds is 4. The van der Waals surface area contributed by atoms with Gasteiger partial charge in [-0.15, -0.1) is 11.3 Å². The molecule has 0 bridgehead atoms. The quantitative estimate of drug-likeness (QED) is 0.924. The fraction of sp³-hybridized carbons (Fsp3) is 0.357. The van der Waals surface area contributed by atoms with Crippen LogP contribution in [0.2, 0.25) is 0 Å². The third-order valence-corrected chi connectivity index (χ3v) is 3.94. The van der Waals surface area contributed by atoms with Crippen LogP contribution in [0.25, 0.3) is 10.6 Å². The van der Waals surface area contributed by atoms with E-state index in [1.807, 2.05) is 19.4 Å². The molecule has 1 aromatic carbocycles. The van der Waals surface area contributed by atoms with E-state index in [4.69, 9.17) is 0 Å². The molecule has 2 aromatic rings. The Kier molecular flexibility index (Phi) is 4.45. The van der Waals surface area contributed by atoms with Crippen molar-refractivity contribution < 1.29 is 13.2 Å². The van der Waals surface area contributed by atoms with Crippen molar-refractivity contribution in [1.29, 1.82) is 0 Å². The van der Waals surface area contributed by atoms with Crippen LogP contribution in [0.3, 0.4) is 0 Å². The SMILES string of the molecule is CNC(C)Cc1csc(-c2cccc(C(F)(F)F)c2)n1. The molecule has 0 spiro atoms. The van der Waals surface area contributed by atoms with Gasteiger partial charge in [0.25, 0.3) is 0 Å². The van der Waals surface area contributed by atoms with E-state index in [1.54, 1.807) is 6.07 Å². The average molecular weight is 300 g/mol. The Balaban J connectivity index is 2.24. The van der Waals surface area contributed by atoms with E-state index >= 15 is 0 Å². The number of nitrogens with zero attached hydrogens (tertiary/aromatic N) is 1. The summed E-state index contributed by atoms with van der Waals surface area (Å²) < 4.78 is 38.0. The molecule has 0 saturated carbocycles. The maximum atomic E-state index is 12.7. The summed E-state index contributed by atoms with van der Waals surface area (Å²) in [5.41, 5.74) is 0.757. The lowest BCUT2D eigenvalue weighted by molar-refractivity contribution is -0.137.